The van der Waals surface area contributed by atoms with Crippen molar-refractivity contribution >= 4 is 66.6 Å². The van der Waals surface area contributed by atoms with Crippen LogP contribution in [0, 0.1) is 7.14 Å². The van der Waals surface area contributed by atoms with Crippen LogP contribution in [-0.4, -0.2) is 0 Å². The van der Waals surface area contributed by atoms with Gasteiger partial charge in [0.05, 0.1) is 0 Å². The lowest BCUT2D eigenvalue weighted by Crippen LogP contribution is -1.84. The van der Waals surface area contributed by atoms with Gasteiger partial charge in [0.25, 0.3) is 0 Å². The van der Waals surface area contributed by atoms with Gasteiger partial charge in [-0.1, -0.05) is 6.92 Å². The van der Waals surface area contributed by atoms with Crippen molar-refractivity contribution in [1.82, 2.24) is 0 Å². The molecular weight excluding hydrogens is 406 g/mol. The van der Waals surface area contributed by atoms with E-state index in [2.05, 4.69) is 69.6 Å². The average molecular weight is 414 g/mol. The third kappa shape index (κ3) is 1.87. The molecule has 0 atom stereocenters. The van der Waals surface area contributed by atoms with Crippen LogP contribution in [0.25, 0.3) is 10.1 Å². The summed E-state index contributed by atoms with van der Waals surface area (Å²) in [6.07, 6.45) is 1.13. The summed E-state index contributed by atoms with van der Waals surface area (Å²) in [5.74, 6) is 0. The second-order valence-corrected chi connectivity index (χ2v) is 6.11. The molecule has 1 aromatic carbocycles. The summed E-state index contributed by atoms with van der Waals surface area (Å²) in [7, 11) is 0. The molecule has 0 radical (unpaired) electrons. The molecule has 0 saturated heterocycles. The van der Waals surface area contributed by atoms with Crippen LogP contribution in [0.4, 0.5) is 0 Å². The van der Waals surface area contributed by atoms with Crippen LogP contribution in [0.2, 0.25) is 0 Å². The lowest BCUT2D eigenvalue weighted by molar-refractivity contribution is 1.13. The van der Waals surface area contributed by atoms with E-state index in [1.807, 2.05) is 11.3 Å². The average Bonchev–Trinajstić information content (AvgIpc) is 2.47. The third-order valence-corrected chi connectivity index (χ3v) is 5.34. The highest BCUT2D eigenvalue weighted by Crippen LogP contribution is 2.30. The molecule has 2 rings (SSSR count). The fraction of sp³-hybridized carbons (Fsp3) is 0.200. The van der Waals surface area contributed by atoms with E-state index in [4.69, 9.17) is 0 Å². The van der Waals surface area contributed by atoms with E-state index in [1.54, 1.807) is 0 Å². The van der Waals surface area contributed by atoms with Crippen molar-refractivity contribution in [2.45, 2.75) is 13.3 Å². The molecule has 0 aliphatic heterocycles. The Labute approximate surface area is 109 Å². The number of hydrogen-bond acceptors (Lipinski definition) is 1. The number of fused-ring (bicyclic) bond motifs is 1. The quantitative estimate of drug-likeness (QED) is 0.596. The standard InChI is InChI=1S/C10H8I2S/c1-2-6-3-10-7(4-8(6)11)9(12)5-13-10/h3-5H,2H2,1H3. The highest BCUT2D eigenvalue weighted by molar-refractivity contribution is 14.1. The van der Waals surface area contributed by atoms with E-state index in [9.17, 15) is 0 Å². The maximum absolute atomic E-state index is 2.42. The zero-order valence-corrected chi connectivity index (χ0v) is 12.2. The van der Waals surface area contributed by atoms with Gasteiger partial charge >= 0.3 is 0 Å². The maximum Gasteiger partial charge on any atom is 0.0357 e. The number of thiophene rings is 1. The van der Waals surface area contributed by atoms with E-state index in [0.29, 0.717) is 0 Å². The molecule has 0 saturated carbocycles. The van der Waals surface area contributed by atoms with Gasteiger partial charge in [-0.25, -0.2) is 0 Å². The van der Waals surface area contributed by atoms with Crippen LogP contribution in [0.5, 0.6) is 0 Å². The smallest absolute Gasteiger partial charge is 0.0357 e. The Balaban J connectivity index is 2.76. The molecule has 0 N–H and O–H groups in total. The van der Waals surface area contributed by atoms with Gasteiger partial charge in [-0.2, -0.15) is 0 Å². The highest BCUT2D eigenvalue weighted by atomic mass is 127. The highest BCUT2D eigenvalue weighted by Gasteiger charge is 2.05. The van der Waals surface area contributed by atoms with E-state index < -0.39 is 0 Å². The zero-order valence-electron chi connectivity index (χ0n) is 7.10. The molecule has 1 aromatic heterocycles. The minimum Gasteiger partial charge on any atom is -0.143 e. The molecule has 0 aliphatic carbocycles. The summed E-state index contributed by atoms with van der Waals surface area (Å²) in [6.45, 7) is 2.21. The summed E-state index contributed by atoms with van der Waals surface area (Å²) in [5, 5.41) is 3.63. The Bertz CT molecular complexity index is 445. The molecule has 0 bridgehead atoms. The van der Waals surface area contributed by atoms with Gasteiger partial charge in [-0.05, 0) is 69.3 Å². The molecule has 0 aliphatic rings. The zero-order chi connectivity index (χ0) is 9.42. The molecule has 0 spiro atoms. The van der Waals surface area contributed by atoms with E-state index >= 15 is 0 Å². The predicted molar refractivity (Wildman–Crippen MR) is 76.6 cm³/mol. The van der Waals surface area contributed by atoms with Crippen LogP contribution in [-0.2, 0) is 6.42 Å². The normalized spacial score (nSPS) is 11.0. The fourth-order valence-corrected chi connectivity index (χ4v) is 4.05. The molecule has 0 unspecified atom stereocenters. The first-order chi connectivity index (χ1) is 6.22. The number of rotatable bonds is 1. The van der Waals surface area contributed by atoms with Crippen LogP contribution < -0.4 is 0 Å². The lowest BCUT2D eigenvalue weighted by atomic mass is 10.1. The molecule has 3 heteroatoms. The molecule has 13 heavy (non-hydrogen) atoms. The molecule has 0 amide bonds. The van der Waals surface area contributed by atoms with Gasteiger partial charge in [0.1, 0.15) is 0 Å². The van der Waals surface area contributed by atoms with Gasteiger partial charge in [-0.15, -0.1) is 11.3 Å². The molecular formula is C10H8I2S. The van der Waals surface area contributed by atoms with Crippen molar-refractivity contribution in [1.29, 1.82) is 0 Å². The summed E-state index contributed by atoms with van der Waals surface area (Å²) in [5.41, 5.74) is 1.46. The van der Waals surface area contributed by atoms with Gasteiger partial charge in [0.15, 0.2) is 0 Å². The van der Waals surface area contributed by atoms with Gasteiger partial charge < -0.3 is 0 Å². The summed E-state index contributed by atoms with van der Waals surface area (Å²) < 4.78 is 4.18. The van der Waals surface area contributed by atoms with E-state index in [0.717, 1.165) is 6.42 Å². The molecule has 68 valence electrons. The van der Waals surface area contributed by atoms with Crippen molar-refractivity contribution in [2.24, 2.45) is 0 Å². The largest absolute Gasteiger partial charge is 0.143 e. The summed E-state index contributed by atoms with van der Waals surface area (Å²) in [4.78, 5) is 0. The molecule has 2 aromatic rings. The van der Waals surface area contributed by atoms with E-state index in [1.165, 1.54) is 22.8 Å². The van der Waals surface area contributed by atoms with Gasteiger partial charge in [-0.3, -0.25) is 0 Å². The van der Waals surface area contributed by atoms with Crippen molar-refractivity contribution in [3.63, 3.8) is 0 Å². The van der Waals surface area contributed by atoms with Crippen LogP contribution >= 0.6 is 56.5 Å². The predicted octanol–water partition coefficient (Wildman–Crippen LogP) is 4.67. The first kappa shape index (κ1) is 10.2. The Hall–Kier alpha value is 0.640. The van der Waals surface area contributed by atoms with Crippen molar-refractivity contribution < 1.29 is 0 Å². The third-order valence-electron chi connectivity index (χ3n) is 2.08. The fourth-order valence-electron chi connectivity index (χ4n) is 1.33. The molecule has 1 heterocycles. The SMILES string of the molecule is CCc1cc2scc(I)c2cc1I. The van der Waals surface area contributed by atoms with Crippen molar-refractivity contribution in [3.05, 3.63) is 30.2 Å². The number of hydrogen-bond donors (Lipinski definition) is 0. The Morgan fingerprint density at radius 3 is 2.69 bits per heavy atom. The monoisotopic (exact) mass is 414 g/mol. The van der Waals surface area contributed by atoms with Crippen LogP contribution in [0.15, 0.2) is 17.5 Å². The topological polar surface area (TPSA) is 0 Å². The first-order valence-corrected chi connectivity index (χ1v) is 7.11. The second kappa shape index (κ2) is 4.02. The summed E-state index contributed by atoms with van der Waals surface area (Å²) in [6, 6.07) is 4.62. The van der Waals surface area contributed by atoms with Crippen molar-refractivity contribution in [2.75, 3.05) is 0 Å². The van der Waals surface area contributed by atoms with Crippen LogP contribution in [0.1, 0.15) is 12.5 Å². The van der Waals surface area contributed by atoms with Crippen LogP contribution in [0.3, 0.4) is 0 Å². The lowest BCUT2D eigenvalue weighted by Gasteiger charge is -2.01. The van der Waals surface area contributed by atoms with Gasteiger partial charge in [0.2, 0.25) is 0 Å². The Kier molecular flexibility index (Phi) is 3.14. The first-order valence-electron chi connectivity index (χ1n) is 4.07. The Morgan fingerprint density at radius 1 is 1.23 bits per heavy atom. The minimum atomic E-state index is 1.13. The molecule has 0 fully saturated rings. The second-order valence-electron chi connectivity index (χ2n) is 2.88. The minimum absolute atomic E-state index is 1.13. The number of benzene rings is 1. The Morgan fingerprint density at radius 2 is 2.00 bits per heavy atom. The summed E-state index contributed by atoms with van der Waals surface area (Å²) >= 11 is 6.67. The van der Waals surface area contributed by atoms with Crippen molar-refractivity contribution in [3.8, 4) is 0 Å². The van der Waals surface area contributed by atoms with Gasteiger partial charge in [0, 0.05) is 22.6 Å². The number of aryl methyl sites for hydroxylation is 1. The van der Waals surface area contributed by atoms with E-state index in [-0.39, 0.29) is 0 Å². The molecule has 0 nitrogen and oxygen atoms in total. The maximum atomic E-state index is 2.42. The number of halogens is 2.